The van der Waals surface area contributed by atoms with E-state index in [0.717, 1.165) is 0 Å². The van der Waals surface area contributed by atoms with Gasteiger partial charge in [-0.25, -0.2) is 4.79 Å². The van der Waals surface area contributed by atoms with Gasteiger partial charge in [-0.2, -0.15) is 0 Å². The number of methoxy groups -OCH3 is 2. The van der Waals surface area contributed by atoms with Gasteiger partial charge in [0.2, 0.25) is 0 Å². The number of rotatable bonds is 2. The van der Waals surface area contributed by atoms with Crippen molar-refractivity contribution in [3.05, 3.63) is 0 Å². The van der Waals surface area contributed by atoms with Gasteiger partial charge in [0, 0.05) is 7.11 Å². The zero-order valence-corrected chi connectivity index (χ0v) is 5.30. The minimum atomic E-state index is -0.444. The van der Waals surface area contributed by atoms with E-state index in [1.165, 1.54) is 14.2 Å². The molecule has 48 valence electrons. The van der Waals surface area contributed by atoms with E-state index >= 15 is 0 Å². The Morgan fingerprint density at radius 3 is 2.12 bits per heavy atom. The van der Waals surface area contributed by atoms with Gasteiger partial charge >= 0.3 is 5.97 Å². The zero-order valence-electron chi connectivity index (χ0n) is 5.30. The lowest BCUT2D eigenvalue weighted by Crippen LogP contribution is -2.19. The number of esters is 1. The van der Waals surface area contributed by atoms with Gasteiger partial charge < -0.3 is 9.47 Å². The third kappa shape index (κ3) is 1.93. The summed E-state index contributed by atoms with van der Waals surface area (Å²) >= 11 is 0. The molecule has 0 unspecified atom stereocenters. The van der Waals surface area contributed by atoms with E-state index in [1.54, 1.807) is 6.92 Å². The second-order valence-electron chi connectivity index (χ2n) is 1.40. The highest BCUT2D eigenvalue weighted by Crippen LogP contribution is 1.88. The topological polar surface area (TPSA) is 35.5 Å². The first-order chi connectivity index (χ1) is 3.72. The summed E-state index contributed by atoms with van der Waals surface area (Å²) in [6.45, 7) is 1.63. The summed E-state index contributed by atoms with van der Waals surface area (Å²) in [6.07, 6.45) is -0.444. The van der Waals surface area contributed by atoms with Crippen molar-refractivity contribution < 1.29 is 14.3 Å². The van der Waals surface area contributed by atoms with Crippen LogP contribution in [0, 0.1) is 0 Å². The smallest absolute Gasteiger partial charge is 0.334 e. The number of carbonyl (C=O) groups excluding carboxylic acids is 1. The van der Waals surface area contributed by atoms with Crippen LogP contribution in [-0.2, 0) is 14.3 Å². The lowest BCUT2D eigenvalue weighted by molar-refractivity contribution is -0.151. The molecule has 0 aliphatic heterocycles. The number of ether oxygens (including phenoxy) is 2. The summed E-state index contributed by atoms with van der Waals surface area (Å²) in [5.41, 5.74) is 0. The maximum atomic E-state index is 10.4. The van der Waals surface area contributed by atoms with Gasteiger partial charge in [-0.05, 0) is 6.92 Å². The fourth-order valence-electron chi connectivity index (χ4n) is 0.262. The Hall–Kier alpha value is -0.570. The Bertz CT molecular complexity index is 79.7. The first kappa shape index (κ1) is 7.43. The molecule has 0 aromatic rings. The van der Waals surface area contributed by atoms with Crippen LogP contribution in [0.4, 0.5) is 0 Å². The Morgan fingerprint density at radius 2 is 2.00 bits per heavy atom. The normalized spacial score (nSPS) is 12.9. The summed E-state index contributed by atoms with van der Waals surface area (Å²) in [5.74, 6) is -0.340. The highest BCUT2D eigenvalue weighted by Gasteiger charge is 2.09. The summed E-state index contributed by atoms with van der Waals surface area (Å²) in [6, 6.07) is 0. The molecule has 0 rings (SSSR count). The second kappa shape index (κ2) is 3.43. The highest BCUT2D eigenvalue weighted by molar-refractivity contribution is 5.73. The van der Waals surface area contributed by atoms with Crippen LogP contribution in [0.2, 0.25) is 0 Å². The van der Waals surface area contributed by atoms with Crippen LogP contribution < -0.4 is 0 Å². The van der Waals surface area contributed by atoms with Crippen molar-refractivity contribution in [3.8, 4) is 0 Å². The van der Waals surface area contributed by atoms with Crippen LogP contribution in [0.3, 0.4) is 0 Å². The molecule has 0 aliphatic carbocycles. The van der Waals surface area contributed by atoms with Gasteiger partial charge in [0.25, 0.3) is 0 Å². The Kier molecular flexibility index (Phi) is 3.19. The van der Waals surface area contributed by atoms with Gasteiger partial charge in [0.15, 0.2) is 6.10 Å². The van der Waals surface area contributed by atoms with Gasteiger partial charge in [0.05, 0.1) is 7.11 Å². The minimum absolute atomic E-state index is 0.340. The second-order valence-corrected chi connectivity index (χ2v) is 1.40. The van der Waals surface area contributed by atoms with E-state index in [1.807, 2.05) is 0 Å². The molecule has 0 spiro atoms. The lowest BCUT2D eigenvalue weighted by Gasteiger charge is -2.04. The lowest BCUT2D eigenvalue weighted by atomic mass is 10.4. The molecule has 0 bridgehead atoms. The van der Waals surface area contributed by atoms with Crippen LogP contribution in [0.1, 0.15) is 6.92 Å². The van der Waals surface area contributed by atoms with Crippen molar-refractivity contribution in [2.75, 3.05) is 14.2 Å². The Balaban J connectivity index is 3.46. The summed E-state index contributed by atoms with van der Waals surface area (Å²) < 4.78 is 8.97. The molecule has 0 aliphatic rings. The van der Waals surface area contributed by atoms with Crippen LogP contribution >= 0.6 is 0 Å². The average Bonchev–Trinajstić information content (AvgIpc) is 1.84. The number of hydrogen-bond acceptors (Lipinski definition) is 3. The molecular weight excluding hydrogens is 108 g/mol. The van der Waals surface area contributed by atoms with Crippen molar-refractivity contribution in [3.63, 3.8) is 0 Å². The molecule has 1 atom stereocenters. The number of hydrogen-bond donors (Lipinski definition) is 0. The molecule has 0 radical (unpaired) electrons. The van der Waals surface area contributed by atoms with Gasteiger partial charge in [0.1, 0.15) is 0 Å². The van der Waals surface area contributed by atoms with E-state index in [2.05, 4.69) is 9.47 Å². The molecule has 0 saturated heterocycles. The van der Waals surface area contributed by atoms with E-state index in [-0.39, 0.29) is 5.97 Å². The monoisotopic (exact) mass is 118 g/mol. The molecule has 8 heavy (non-hydrogen) atoms. The third-order valence-corrected chi connectivity index (χ3v) is 0.887. The quantitative estimate of drug-likeness (QED) is 0.486. The molecule has 0 N–H and O–H groups in total. The fraction of sp³-hybridized carbons (Fsp3) is 0.800. The van der Waals surface area contributed by atoms with E-state index in [9.17, 15) is 4.79 Å². The molecule has 0 amide bonds. The van der Waals surface area contributed by atoms with E-state index < -0.39 is 6.10 Å². The number of carbonyl (C=O) groups is 1. The molecule has 0 aromatic heterocycles. The maximum absolute atomic E-state index is 10.4. The molecule has 3 heteroatoms. The first-order valence-corrected chi connectivity index (χ1v) is 2.33. The van der Waals surface area contributed by atoms with Crippen molar-refractivity contribution in [2.45, 2.75) is 13.0 Å². The molecule has 0 heterocycles. The standard InChI is InChI=1S/C5H10O3/c1-4(7-2)5(6)8-3/h4H,1-3H3/t4-/m1/s1. The molecular formula is C5H10O3. The highest BCUT2D eigenvalue weighted by atomic mass is 16.6. The van der Waals surface area contributed by atoms with Crippen LogP contribution in [-0.4, -0.2) is 26.3 Å². The van der Waals surface area contributed by atoms with Gasteiger partial charge in [-0.1, -0.05) is 0 Å². The first-order valence-electron chi connectivity index (χ1n) is 2.33. The molecule has 0 aromatic carbocycles. The summed E-state index contributed by atoms with van der Waals surface area (Å²) in [4.78, 5) is 10.4. The summed E-state index contributed by atoms with van der Waals surface area (Å²) in [5, 5.41) is 0. The summed E-state index contributed by atoms with van der Waals surface area (Å²) in [7, 11) is 2.79. The van der Waals surface area contributed by atoms with Crippen LogP contribution in [0.5, 0.6) is 0 Å². The van der Waals surface area contributed by atoms with Crippen LogP contribution in [0.25, 0.3) is 0 Å². The Labute approximate surface area is 48.6 Å². The molecule has 3 nitrogen and oxygen atoms in total. The fourth-order valence-corrected chi connectivity index (χ4v) is 0.262. The van der Waals surface area contributed by atoms with E-state index in [4.69, 9.17) is 0 Å². The third-order valence-electron chi connectivity index (χ3n) is 0.887. The van der Waals surface area contributed by atoms with Crippen molar-refractivity contribution in [1.82, 2.24) is 0 Å². The predicted octanol–water partition coefficient (Wildman–Crippen LogP) is 0.194. The SMILES string of the molecule is COC(=O)[C@@H](C)OC. The molecule has 0 saturated carbocycles. The minimum Gasteiger partial charge on any atom is -0.467 e. The maximum Gasteiger partial charge on any atom is 0.334 e. The van der Waals surface area contributed by atoms with Crippen LogP contribution in [0.15, 0.2) is 0 Å². The van der Waals surface area contributed by atoms with E-state index in [0.29, 0.717) is 0 Å². The molecule has 0 fully saturated rings. The largest absolute Gasteiger partial charge is 0.467 e. The van der Waals surface area contributed by atoms with Gasteiger partial charge in [-0.15, -0.1) is 0 Å². The zero-order chi connectivity index (χ0) is 6.57. The average molecular weight is 118 g/mol. The van der Waals surface area contributed by atoms with Crippen molar-refractivity contribution in [1.29, 1.82) is 0 Å². The van der Waals surface area contributed by atoms with Gasteiger partial charge in [-0.3, -0.25) is 0 Å². The predicted molar refractivity (Wildman–Crippen MR) is 28.5 cm³/mol. The van der Waals surface area contributed by atoms with Crippen molar-refractivity contribution in [2.24, 2.45) is 0 Å². The van der Waals surface area contributed by atoms with Crippen molar-refractivity contribution >= 4 is 5.97 Å². The Morgan fingerprint density at radius 1 is 1.50 bits per heavy atom.